The van der Waals surface area contributed by atoms with Crippen LogP contribution < -0.4 is 0 Å². The van der Waals surface area contributed by atoms with Crippen LogP contribution in [0, 0.1) is 5.92 Å². The maximum absolute atomic E-state index is 11.9. The zero-order valence-electron chi connectivity index (χ0n) is 10.4. The molecule has 0 radical (unpaired) electrons. The molecule has 0 spiro atoms. The van der Waals surface area contributed by atoms with Crippen molar-refractivity contribution in [3.63, 3.8) is 0 Å². The standard InChI is InChI=1S/C17H13NO/c19-16-7-3-6-13-9-14-8-11-4-1-2-5-12(11)10-15(14)18-17(13)16/h1-7,9-11,15H,8H2. The summed E-state index contributed by atoms with van der Waals surface area (Å²) >= 11 is 0. The molecule has 0 saturated carbocycles. The summed E-state index contributed by atoms with van der Waals surface area (Å²) in [5, 5.41) is 0. The summed E-state index contributed by atoms with van der Waals surface area (Å²) in [5.74, 6) is 0.493. The summed E-state index contributed by atoms with van der Waals surface area (Å²) in [6, 6.07) is 0.0463. The van der Waals surface area contributed by atoms with Crippen molar-refractivity contribution in [2.45, 2.75) is 12.5 Å². The lowest BCUT2D eigenvalue weighted by molar-refractivity contribution is -0.108. The van der Waals surface area contributed by atoms with E-state index in [1.807, 2.05) is 6.08 Å². The number of hydrogen-bond donors (Lipinski definition) is 0. The molecule has 1 aliphatic heterocycles. The molecule has 92 valence electrons. The van der Waals surface area contributed by atoms with Crippen LogP contribution in [-0.2, 0) is 4.79 Å². The largest absolute Gasteiger partial charge is 0.288 e. The monoisotopic (exact) mass is 247 g/mol. The van der Waals surface area contributed by atoms with Crippen LogP contribution in [0.1, 0.15) is 6.42 Å². The van der Waals surface area contributed by atoms with Crippen molar-refractivity contribution in [2.75, 3.05) is 0 Å². The van der Waals surface area contributed by atoms with E-state index in [1.165, 1.54) is 11.1 Å². The molecule has 0 aromatic rings. The van der Waals surface area contributed by atoms with Crippen LogP contribution in [0.25, 0.3) is 0 Å². The Hall–Kier alpha value is -2.22. The molecule has 0 N–H and O–H groups in total. The molecule has 0 bridgehead atoms. The van der Waals surface area contributed by atoms with Gasteiger partial charge in [0.05, 0.1) is 6.04 Å². The number of aliphatic imine (C=N–C) groups is 1. The van der Waals surface area contributed by atoms with Gasteiger partial charge in [-0.15, -0.1) is 0 Å². The van der Waals surface area contributed by atoms with E-state index < -0.39 is 0 Å². The van der Waals surface area contributed by atoms with Gasteiger partial charge >= 0.3 is 0 Å². The first-order valence-electron chi connectivity index (χ1n) is 6.59. The molecule has 4 rings (SSSR count). The van der Waals surface area contributed by atoms with E-state index in [-0.39, 0.29) is 11.8 Å². The highest BCUT2D eigenvalue weighted by atomic mass is 16.1. The number of nitrogens with zero attached hydrogens (tertiary/aromatic N) is 1. The highest BCUT2D eigenvalue weighted by Gasteiger charge is 2.30. The lowest BCUT2D eigenvalue weighted by Crippen LogP contribution is -2.27. The minimum atomic E-state index is 0.0207. The highest BCUT2D eigenvalue weighted by molar-refractivity contribution is 6.51. The van der Waals surface area contributed by atoms with Crippen molar-refractivity contribution >= 4 is 11.5 Å². The van der Waals surface area contributed by atoms with Gasteiger partial charge in [-0.05, 0) is 23.6 Å². The molecular formula is C17H13NO. The molecular weight excluding hydrogens is 234 g/mol. The summed E-state index contributed by atoms with van der Waals surface area (Å²) in [4.78, 5) is 16.5. The summed E-state index contributed by atoms with van der Waals surface area (Å²) in [6.07, 6.45) is 19.3. The molecule has 4 aliphatic rings. The molecule has 0 amide bonds. The van der Waals surface area contributed by atoms with Gasteiger partial charge in [-0.25, -0.2) is 0 Å². The lowest BCUT2D eigenvalue weighted by atomic mass is 9.78. The minimum Gasteiger partial charge on any atom is -0.288 e. The zero-order chi connectivity index (χ0) is 12.8. The maximum atomic E-state index is 11.9. The Morgan fingerprint density at radius 1 is 1.16 bits per heavy atom. The zero-order valence-corrected chi connectivity index (χ0v) is 10.4. The van der Waals surface area contributed by atoms with Gasteiger partial charge in [0, 0.05) is 11.5 Å². The van der Waals surface area contributed by atoms with Crippen LogP contribution in [0.5, 0.6) is 0 Å². The number of dihydropyridines is 1. The molecule has 2 unspecified atom stereocenters. The Balaban J connectivity index is 1.81. The second kappa shape index (κ2) is 3.89. The van der Waals surface area contributed by atoms with Crippen molar-refractivity contribution in [1.29, 1.82) is 0 Å². The summed E-state index contributed by atoms with van der Waals surface area (Å²) in [7, 11) is 0. The second-order valence-corrected chi connectivity index (χ2v) is 5.21. The molecule has 2 atom stereocenters. The first-order chi connectivity index (χ1) is 9.31. The number of fused-ring (bicyclic) bond motifs is 3. The molecule has 0 aromatic heterocycles. The lowest BCUT2D eigenvalue weighted by Gasteiger charge is -2.31. The SMILES string of the molecule is O=C1C=CC=C2C=C3CC4C=CC=CC4=CC3N=C12. The van der Waals surface area contributed by atoms with Crippen molar-refractivity contribution in [3.8, 4) is 0 Å². The maximum Gasteiger partial charge on any atom is 0.204 e. The third kappa shape index (κ3) is 1.64. The fourth-order valence-electron chi connectivity index (χ4n) is 3.03. The predicted molar refractivity (Wildman–Crippen MR) is 76.0 cm³/mol. The molecule has 2 nitrogen and oxygen atoms in total. The summed E-state index contributed by atoms with van der Waals surface area (Å²) < 4.78 is 0. The average molecular weight is 247 g/mol. The number of hydrogen-bond acceptors (Lipinski definition) is 2. The third-order valence-corrected chi connectivity index (χ3v) is 4.00. The summed E-state index contributed by atoms with van der Waals surface area (Å²) in [5.41, 5.74) is 4.21. The normalized spacial score (nSPS) is 30.6. The Morgan fingerprint density at radius 3 is 3.05 bits per heavy atom. The van der Waals surface area contributed by atoms with Gasteiger partial charge in [-0.2, -0.15) is 0 Å². The molecule has 0 saturated heterocycles. The molecule has 0 aromatic carbocycles. The predicted octanol–water partition coefficient (Wildman–Crippen LogP) is 2.87. The molecule has 3 aliphatic carbocycles. The Bertz CT molecular complexity index is 680. The topological polar surface area (TPSA) is 29.4 Å². The van der Waals surface area contributed by atoms with E-state index in [0.29, 0.717) is 11.6 Å². The van der Waals surface area contributed by atoms with E-state index in [0.717, 1.165) is 12.0 Å². The fourth-order valence-corrected chi connectivity index (χ4v) is 3.03. The van der Waals surface area contributed by atoms with Crippen LogP contribution in [0.2, 0.25) is 0 Å². The smallest absolute Gasteiger partial charge is 0.204 e. The van der Waals surface area contributed by atoms with Crippen molar-refractivity contribution in [1.82, 2.24) is 0 Å². The van der Waals surface area contributed by atoms with Crippen molar-refractivity contribution < 1.29 is 4.79 Å². The number of carbonyl (C=O) groups is 1. The van der Waals surface area contributed by atoms with E-state index in [9.17, 15) is 4.79 Å². The Morgan fingerprint density at radius 2 is 2.11 bits per heavy atom. The van der Waals surface area contributed by atoms with Gasteiger partial charge in [-0.1, -0.05) is 48.6 Å². The Kier molecular flexibility index (Phi) is 2.18. The minimum absolute atomic E-state index is 0.0207. The van der Waals surface area contributed by atoms with Crippen LogP contribution in [0.15, 0.2) is 76.4 Å². The van der Waals surface area contributed by atoms with Gasteiger partial charge < -0.3 is 0 Å². The molecule has 0 fully saturated rings. The van der Waals surface area contributed by atoms with E-state index >= 15 is 0 Å². The van der Waals surface area contributed by atoms with Crippen molar-refractivity contribution in [2.24, 2.45) is 10.9 Å². The molecule has 1 heterocycles. The van der Waals surface area contributed by atoms with E-state index in [4.69, 9.17) is 0 Å². The molecule has 19 heavy (non-hydrogen) atoms. The van der Waals surface area contributed by atoms with Crippen molar-refractivity contribution in [3.05, 3.63) is 71.4 Å². The van der Waals surface area contributed by atoms with Gasteiger partial charge in [0.2, 0.25) is 5.78 Å². The number of carbonyl (C=O) groups excluding carboxylic acids is 1. The van der Waals surface area contributed by atoms with Crippen LogP contribution in [-0.4, -0.2) is 17.5 Å². The van der Waals surface area contributed by atoms with Gasteiger partial charge in [-0.3, -0.25) is 9.79 Å². The number of allylic oxidation sites excluding steroid dienone is 10. The highest BCUT2D eigenvalue weighted by Crippen LogP contribution is 2.37. The second-order valence-electron chi connectivity index (χ2n) is 5.21. The first-order valence-corrected chi connectivity index (χ1v) is 6.59. The summed E-state index contributed by atoms with van der Waals surface area (Å²) in [6.45, 7) is 0. The number of rotatable bonds is 0. The fraction of sp³-hybridized carbons (Fsp3) is 0.176. The van der Waals surface area contributed by atoms with Gasteiger partial charge in [0.15, 0.2) is 0 Å². The van der Waals surface area contributed by atoms with Gasteiger partial charge in [0.1, 0.15) is 5.71 Å². The van der Waals surface area contributed by atoms with E-state index in [1.54, 1.807) is 12.2 Å². The Labute approximate surface area is 111 Å². The number of ketones is 1. The quantitative estimate of drug-likeness (QED) is 0.605. The third-order valence-electron chi connectivity index (χ3n) is 4.00. The van der Waals surface area contributed by atoms with E-state index in [2.05, 4.69) is 41.4 Å². The van der Waals surface area contributed by atoms with Gasteiger partial charge in [0.25, 0.3) is 0 Å². The first kappa shape index (κ1) is 10.7. The van der Waals surface area contributed by atoms with Crippen LogP contribution in [0.3, 0.4) is 0 Å². The van der Waals surface area contributed by atoms with Crippen LogP contribution in [0.4, 0.5) is 0 Å². The molecule has 2 heteroatoms. The van der Waals surface area contributed by atoms with Crippen LogP contribution >= 0.6 is 0 Å². The average Bonchev–Trinajstić information content (AvgIpc) is 2.44.